The van der Waals surface area contributed by atoms with Gasteiger partial charge in [0.25, 0.3) is 0 Å². The molecule has 0 saturated carbocycles. The van der Waals surface area contributed by atoms with Crippen LogP contribution in [0.4, 0.5) is 0 Å². The van der Waals surface area contributed by atoms with Gasteiger partial charge in [-0.25, -0.2) is 0 Å². The average molecular weight is 115 g/mol. The molecule has 0 amide bonds. The zero-order chi connectivity index (χ0) is 11.1. The van der Waals surface area contributed by atoms with E-state index in [2.05, 4.69) is 4.98 Å². The largest absolute Gasteiger partial charge is 0.506 e. The summed E-state index contributed by atoms with van der Waals surface area (Å²) in [5.74, 6) is -0.856. The van der Waals surface area contributed by atoms with Gasteiger partial charge in [-0.1, -0.05) is 0 Å². The van der Waals surface area contributed by atoms with E-state index in [1.54, 1.807) is 0 Å². The third-order valence-corrected chi connectivity index (χ3v) is 0.629. The van der Waals surface area contributed by atoms with E-state index in [1.807, 2.05) is 0 Å². The molecular formula is C6H7NO. The standard InChI is InChI=1S/C6H7NO/c1-5-6(8)3-2-4-7-5/h2-4,8H,1H3/i1D3,2D,3D,4D. The topological polar surface area (TPSA) is 33.1 Å². The first-order chi connectivity index (χ1) is 6.25. The van der Waals surface area contributed by atoms with Crippen LogP contribution >= 0.6 is 0 Å². The normalized spacial score (nSPS) is 21.5. The molecule has 0 saturated heterocycles. The number of hydrogen-bond acceptors (Lipinski definition) is 2. The Hall–Kier alpha value is -1.05. The quantitative estimate of drug-likeness (QED) is 0.549. The van der Waals surface area contributed by atoms with Crippen molar-refractivity contribution in [3.63, 3.8) is 0 Å². The number of aromatic nitrogens is 1. The fourth-order valence-electron chi connectivity index (χ4n) is 0.283. The number of aromatic hydroxyl groups is 1. The van der Waals surface area contributed by atoms with Crippen LogP contribution in [0.3, 0.4) is 0 Å². The summed E-state index contributed by atoms with van der Waals surface area (Å²) in [4.78, 5) is 3.25. The van der Waals surface area contributed by atoms with Crippen molar-refractivity contribution in [2.45, 2.75) is 6.85 Å². The summed E-state index contributed by atoms with van der Waals surface area (Å²) < 4.78 is 42.2. The lowest BCUT2D eigenvalue weighted by Gasteiger charge is -1.91. The van der Waals surface area contributed by atoms with E-state index in [0.29, 0.717) is 0 Å². The van der Waals surface area contributed by atoms with Gasteiger partial charge in [0.05, 0.1) is 9.81 Å². The molecule has 0 radical (unpaired) electrons. The predicted molar refractivity (Wildman–Crippen MR) is 30.6 cm³/mol. The molecule has 0 aliphatic rings. The van der Waals surface area contributed by atoms with Gasteiger partial charge in [0.2, 0.25) is 0 Å². The minimum Gasteiger partial charge on any atom is -0.506 e. The fourth-order valence-corrected chi connectivity index (χ4v) is 0.283. The summed E-state index contributed by atoms with van der Waals surface area (Å²) in [6, 6.07) is -1.27. The first-order valence-electron chi connectivity index (χ1n) is 4.92. The molecule has 0 unspecified atom stereocenters. The van der Waals surface area contributed by atoms with Crippen LogP contribution in [0.1, 0.15) is 13.9 Å². The van der Waals surface area contributed by atoms with Gasteiger partial charge >= 0.3 is 0 Å². The van der Waals surface area contributed by atoms with Gasteiger partial charge in [0.15, 0.2) is 0 Å². The van der Waals surface area contributed by atoms with Crippen LogP contribution in [-0.2, 0) is 0 Å². The van der Waals surface area contributed by atoms with Crippen LogP contribution in [0.25, 0.3) is 0 Å². The Kier molecular flexibility index (Phi) is 0.334. The van der Waals surface area contributed by atoms with Crippen molar-refractivity contribution >= 4 is 0 Å². The predicted octanol–water partition coefficient (Wildman–Crippen LogP) is 1.10. The lowest BCUT2D eigenvalue weighted by molar-refractivity contribution is 0.467. The highest BCUT2D eigenvalue weighted by molar-refractivity contribution is 5.22. The molecule has 0 aliphatic heterocycles. The minimum atomic E-state index is -2.68. The molecule has 1 aromatic rings. The van der Waals surface area contributed by atoms with E-state index >= 15 is 0 Å². The Morgan fingerprint density at radius 2 is 2.88 bits per heavy atom. The number of nitrogens with zero attached hydrogens (tertiary/aromatic N) is 1. The van der Waals surface area contributed by atoms with Gasteiger partial charge in [0.1, 0.15) is 5.75 Å². The van der Waals surface area contributed by atoms with Crippen LogP contribution in [0, 0.1) is 6.85 Å². The SMILES string of the molecule is [2H]c1nc(C([2H])([2H])[2H])c(O)c([2H])c1[2H]. The van der Waals surface area contributed by atoms with E-state index in [-0.39, 0.29) is 0 Å². The first kappa shape index (κ1) is 1.47. The lowest BCUT2D eigenvalue weighted by atomic mass is 10.3. The third-order valence-electron chi connectivity index (χ3n) is 0.629. The zero-order valence-electron chi connectivity index (χ0n) is 9.89. The van der Waals surface area contributed by atoms with Gasteiger partial charge in [-0.2, -0.15) is 0 Å². The Balaban J connectivity index is 3.49. The van der Waals surface area contributed by atoms with Crippen molar-refractivity contribution in [1.82, 2.24) is 4.98 Å². The monoisotopic (exact) mass is 115 g/mol. The van der Waals surface area contributed by atoms with Crippen molar-refractivity contribution in [2.24, 2.45) is 0 Å². The van der Waals surface area contributed by atoms with Gasteiger partial charge < -0.3 is 5.11 Å². The Morgan fingerprint density at radius 3 is 3.62 bits per heavy atom. The maximum atomic E-state index is 9.23. The lowest BCUT2D eigenvalue weighted by Crippen LogP contribution is -1.76. The van der Waals surface area contributed by atoms with Crippen LogP contribution in [0.5, 0.6) is 5.75 Å². The molecule has 0 bridgehead atoms. The Morgan fingerprint density at radius 1 is 2.00 bits per heavy atom. The van der Waals surface area contributed by atoms with E-state index in [4.69, 9.17) is 8.22 Å². The van der Waals surface area contributed by atoms with Gasteiger partial charge in [-0.15, -0.1) is 0 Å². The first-order valence-corrected chi connectivity index (χ1v) is 1.92. The summed E-state index contributed by atoms with van der Waals surface area (Å²) in [5, 5.41) is 9.23. The van der Waals surface area contributed by atoms with Gasteiger partial charge in [-0.3, -0.25) is 4.98 Å². The van der Waals surface area contributed by atoms with E-state index in [0.717, 1.165) is 0 Å². The maximum Gasteiger partial charge on any atom is 0.136 e. The van der Waals surface area contributed by atoms with Crippen LogP contribution < -0.4 is 0 Å². The molecule has 1 rings (SSSR count). The van der Waals surface area contributed by atoms with Crippen molar-refractivity contribution < 1.29 is 13.3 Å². The Bertz CT molecular complexity index is 374. The second-order valence-electron chi connectivity index (χ2n) is 1.17. The second-order valence-corrected chi connectivity index (χ2v) is 1.17. The van der Waals surface area contributed by atoms with Crippen LogP contribution in [0.15, 0.2) is 18.3 Å². The molecule has 0 spiro atoms. The van der Waals surface area contributed by atoms with Crippen LogP contribution in [-0.4, -0.2) is 10.1 Å². The highest BCUT2D eigenvalue weighted by atomic mass is 16.3. The summed E-state index contributed by atoms with van der Waals surface area (Å²) in [6.45, 7) is -2.68. The van der Waals surface area contributed by atoms with E-state index in [9.17, 15) is 5.11 Å². The molecule has 0 aromatic carbocycles. The fraction of sp³-hybridized carbons (Fsp3) is 0.167. The molecule has 0 atom stereocenters. The summed E-state index contributed by atoms with van der Waals surface area (Å²) >= 11 is 0. The average Bonchev–Trinajstić information content (AvgIpc) is 2.06. The summed E-state index contributed by atoms with van der Waals surface area (Å²) in [6.07, 6.45) is -0.626. The molecule has 1 N–H and O–H groups in total. The minimum absolute atomic E-state index is 0.587. The molecule has 2 nitrogen and oxygen atoms in total. The molecule has 8 heavy (non-hydrogen) atoms. The van der Waals surface area contributed by atoms with Gasteiger partial charge in [0, 0.05) is 10.3 Å². The highest BCUT2D eigenvalue weighted by Gasteiger charge is 1.88. The third kappa shape index (κ3) is 0.780. The summed E-state index contributed by atoms with van der Waals surface area (Å²) in [5.41, 5.74) is -0.705. The smallest absolute Gasteiger partial charge is 0.136 e. The highest BCUT2D eigenvalue weighted by Crippen LogP contribution is 2.08. The van der Waals surface area contributed by atoms with Crippen molar-refractivity contribution in [2.75, 3.05) is 0 Å². The molecule has 0 fully saturated rings. The Labute approximate surface area is 56.2 Å². The molecule has 1 heterocycles. The summed E-state index contributed by atoms with van der Waals surface area (Å²) in [7, 11) is 0. The van der Waals surface area contributed by atoms with Gasteiger partial charge in [-0.05, 0) is 18.9 Å². The molecular weight excluding hydrogens is 102 g/mol. The maximum absolute atomic E-state index is 9.23. The number of rotatable bonds is 0. The molecule has 2 heteroatoms. The van der Waals surface area contributed by atoms with Crippen molar-refractivity contribution in [3.8, 4) is 5.75 Å². The van der Waals surface area contributed by atoms with Crippen molar-refractivity contribution in [3.05, 3.63) is 24.0 Å². The van der Waals surface area contributed by atoms with Crippen LogP contribution in [0.2, 0.25) is 0 Å². The van der Waals surface area contributed by atoms with E-state index in [1.165, 1.54) is 0 Å². The second kappa shape index (κ2) is 1.82. The van der Waals surface area contributed by atoms with E-state index < -0.39 is 36.6 Å². The van der Waals surface area contributed by atoms with Crippen molar-refractivity contribution in [1.29, 1.82) is 0 Å². The molecule has 42 valence electrons. The number of hydrogen-bond donors (Lipinski definition) is 1. The molecule has 1 aromatic heterocycles. The number of aryl methyl sites for hydroxylation is 1. The molecule has 0 aliphatic carbocycles. The zero-order valence-corrected chi connectivity index (χ0v) is 3.89. The number of pyridine rings is 1.